The zero-order valence-electron chi connectivity index (χ0n) is 34.0. The van der Waals surface area contributed by atoms with E-state index in [1.165, 1.54) is 47.2 Å². The molecule has 60 heavy (non-hydrogen) atoms. The van der Waals surface area contributed by atoms with Crippen LogP contribution in [0.4, 0.5) is 8.78 Å². The molecule has 1 saturated heterocycles. The molecule has 0 bridgehead atoms. The van der Waals surface area contributed by atoms with Crippen LogP contribution in [0.2, 0.25) is 0 Å². The van der Waals surface area contributed by atoms with Crippen LogP contribution in [0.3, 0.4) is 0 Å². The predicted octanol–water partition coefficient (Wildman–Crippen LogP) is 3.88. The number of hydrogen-bond acceptors (Lipinski definition) is 11. The highest BCUT2D eigenvalue weighted by molar-refractivity contribution is 7.91. The molecule has 324 valence electrons. The van der Waals surface area contributed by atoms with Crippen LogP contribution in [-0.2, 0) is 31.0 Å². The number of rotatable bonds is 12. The molecule has 19 heteroatoms. The van der Waals surface area contributed by atoms with E-state index in [4.69, 9.17) is 14.2 Å². The number of carbonyl (C=O) groups is 4. The monoisotopic (exact) mass is 855 g/mol. The van der Waals surface area contributed by atoms with Crippen LogP contribution in [0, 0.1) is 11.7 Å². The fourth-order valence-corrected chi connectivity index (χ4v) is 9.15. The van der Waals surface area contributed by atoms with Gasteiger partial charge in [-0.3, -0.25) is 28.6 Å². The molecule has 4 amide bonds. The quantitative estimate of drug-likeness (QED) is 0.224. The number of fused-ring (bicyclic) bond motifs is 3. The van der Waals surface area contributed by atoms with Crippen molar-refractivity contribution in [3.05, 3.63) is 54.1 Å². The Hall–Kier alpha value is -5.33. The Kier molecular flexibility index (Phi) is 12.1. The van der Waals surface area contributed by atoms with Gasteiger partial charge in [0.1, 0.15) is 47.4 Å². The van der Waals surface area contributed by atoms with E-state index in [0.29, 0.717) is 37.5 Å². The largest absolute Gasteiger partial charge is 0.491 e. The molecule has 3 aromatic rings. The summed E-state index contributed by atoms with van der Waals surface area (Å²) in [5, 5.41) is 10.1. The molecule has 1 aromatic carbocycles. The summed E-state index contributed by atoms with van der Waals surface area (Å²) >= 11 is 0. The summed E-state index contributed by atoms with van der Waals surface area (Å²) in [6.45, 7) is 4.25. The van der Waals surface area contributed by atoms with Gasteiger partial charge in [0.05, 0.1) is 31.1 Å². The molecule has 2 saturated carbocycles. The number of carbonyl (C=O) groups excluding carboxylic acids is 4. The molecule has 3 N–H and O–H groups in total. The molecule has 4 heterocycles. The summed E-state index contributed by atoms with van der Waals surface area (Å²) in [5.41, 5.74) is -1.50. The second-order valence-electron chi connectivity index (χ2n) is 16.5. The molecule has 2 aromatic heterocycles. The highest BCUT2D eigenvalue weighted by Gasteiger charge is 2.63. The van der Waals surface area contributed by atoms with Crippen molar-refractivity contribution in [3.8, 4) is 17.4 Å². The molecule has 4 aliphatic rings. The first-order valence-corrected chi connectivity index (χ1v) is 21.8. The minimum atomic E-state index is -4.05. The molecule has 16 nitrogen and oxygen atoms in total. The molecule has 3 fully saturated rings. The fraction of sp³-hybridized carbons (Fsp3) is 0.561. The summed E-state index contributed by atoms with van der Waals surface area (Å²) in [5.74, 6) is -3.80. The van der Waals surface area contributed by atoms with Gasteiger partial charge in [0, 0.05) is 30.0 Å². The van der Waals surface area contributed by atoms with Crippen molar-refractivity contribution >= 4 is 44.6 Å². The van der Waals surface area contributed by atoms with Crippen LogP contribution < -0.4 is 29.6 Å². The van der Waals surface area contributed by atoms with Crippen LogP contribution in [0.1, 0.15) is 89.0 Å². The lowest BCUT2D eigenvalue weighted by atomic mass is 10.0. The third kappa shape index (κ3) is 8.76. The first kappa shape index (κ1) is 42.8. The molecule has 5 atom stereocenters. The van der Waals surface area contributed by atoms with Crippen molar-refractivity contribution in [2.24, 2.45) is 5.92 Å². The Morgan fingerprint density at radius 1 is 1.13 bits per heavy atom. The minimum absolute atomic E-state index is 0.0206. The van der Waals surface area contributed by atoms with Gasteiger partial charge in [-0.2, -0.15) is 5.10 Å². The average Bonchev–Trinajstić information content (AvgIpc) is 3.98. The van der Waals surface area contributed by atoms with Gasteiger partial charge in [-0.15, -0.1) is 0 Å². The highest BCUT2D eigenvalue weighted by atomic mass is 32.2. The minimum Gasteiger partial charge on any atom is -0.491 e. The maximum atomic E-state index is 14.9. The number of nitrogens with zero attached hydrogens (tertiary/aromatic N) is 4. The third-order valence-electron chi connectivity index (χ3n) is 11.6. The lowest BCUT2D eigenvalue weighted by molar-refractivity contribution is -0.141. The van der Waals surface area contributed by atoms with Crippen LogP contribution in [0.25, 0.3) is 10.9 Å². The van der Waals surface area contributed by atoms with Gasteiger partial charge < -0.3 is 29.7 Å². The Balaban J connectivity index is 1.23. The number of aromatic nitrogens is 3. The van der Waals surface area contributed by atoms with Gasteiger partial charge >= 0.3 is 0 Å². The standard InChI is InChI=1S/C41H51F2N7O9S/c1-24(2)58-33-21-32(27-12-13-28(43)35(57-4)34(27)45-33)59-26-20-31-37(52)46-41(39(54)48-60(55,56)40(3)15-16-40)22-25(41)10-8-6-5-7-9-11-30(38(53)50(31)23-26)44-36(51)29-14-18-49(47-29)19-17-42/h8,10,12-14,18,21,24-26,30-31H,5-7,9,11,15-17,19-20,22-23H2,1-4H3,(H,44,51)(H,46,52)(H,48,54)/b10-8-/t25-,26-,30+,31+,41-/m1/s1. The van der Waals surface area contributed by atoms with Gasteiger partial charge in [-0.05, 0) is 77.5 Å². The van der Waals surface area contributed by atoms with Crippen molar-refractivity contribution in [3.63, 3.8) is 0 Å². The number of alkyl halides is 1. The third-order valence-corrected chi connectivity index (χ3v) is 13.8. The fourth-order valence-electron chi connectivity index (χ4n) is 7.83. The van der Waals surface area contributed by atoms with E-state index in [-0.39, 0.29) is 67.0 Å². The lowest BCUT2D eigenvalue weighted by Crippen LogP contribution is -2.58. The number of sulfonamides is 1. The number of methoxy groups -OCH3 is 1. The molecule has 0 unspecified atom stereocenters. The second kappa shape index (κ2) is 17.0. The Morgan fingerprint density at radius 2 is 1.92 bits per heavy atom. The summed E-state index contributed by atoms with van der Waals surface area (Å²) in [7, 11) is -2.75. The number of aryl methyl sites for hydroxylation is 1. The maximum Gasteiger partial charge on any atom is 0.272 e. The summed E-state index contributed by atoms with van der Waals surface area (Å²) in [4.78, 5) is 62.6. The summed E-state index contributed by atoms with van der Waals surface area (Å²) < 4.78 is 74.5. The SMILES string of the molecule is COc1c(F)ccc2c(O[C@@H]3C[C@H]4C(=O)N[C@]5(C(=O)NS(=O)(=O)C6(C)CC6)C[C@H]5/C=C\CCCCC[C@H](NC(=O)c5ccn(CCF)n5)C(=O)N4C3)cc(OC(C)C)nc12. The molecule has 0 spiro atoms. The van der Waals surface area contributed by atoms with E-state index in [1.54, 1.807) is 20.8 Å². The first-order chi connectivity index (χ1) is 28.6. The number of halogens is 2. The van der Waals surface area contributed by atoms with E-state index >= 15 is 0 Å². The van der Waals surface area contributed by atoms with Gasteiger partial charge in [0.25, 0.3) is 11.8 Å². The van der Waals surface area contributed by atoms with E-state index in [2.05, 4.69) is 25.4 Å². The molecule has 0 radical (unpaired) electrons. The molecular formula is C41H51F2N7O9S. The molecule has 2 aliphatic carbocycles. The molecule has 2 aliphatic heterocycles. The average molecular weight is 856 g/mol. The number of allylic oxidation sites excluding steroid dienone is 1. The number of pyridine rings is 1. The smallest absolute Gasteiger partial charge is 0.272 e. The van der Waals surface area contributed by atoms with Crippen LogP contribution in [-0.4, -0.2) is 107 Å². The Bertz CT molecular complexity index is 2300. The maximum absolute atomic E-state index is 14.9. The van der Waals surface area contributed by atoms with Crippen LogP contribution >= 0.6 is 0 Å². The Labute approximate surface area is 346 Å². The number of amides is 4. The van der Waals surface area contributed by atoms with Crippen molar-refractivity contribution in [2.45, 2.75) is 120 Å². The van der Waals surface area contributed by atoms with Crippen molar-refractivity contribution in [2.75, 3.05) is 20.3 Å². The highest BCUT2D eigenvalue weighted by Crippen LogP contribution is 2.48. The van der Waals surface area contributed by atoms with Crippen LogP contribution in [0.5, 0.6) is 17.4 Å². The zero-order chi connectivity index (χ0) is 43.0. The van der Waals surface area contributed by atoms with Crippen LogP contribution in [0.15, 0.2) is 42.6 Å². The van der Waals surface area contributed by atoms with E-state index in [0.717, 1.165) is 6.42 Å². The van der Waals surface area contributed by atoms with E-state index in [1.807, 2.05) is 12.2 Å². The number of hydrogen-bond donors (Lipinski definition) is 3. The molecule has 7 rings (SSSR count). The van der Waals surface area contributed by atoms with E-state index in [9.17, 15) is 36.4 Å². The van der Waals surface area contributed by atoms with Crippen molar-refractivity contribution < 1.29 is 50.6 Å². The first-order valence-electron chi connectivity index (χ1n) is 20.3. The van der Waals surface area contributed by atoms with E-state index < -0.39 is 80.5 Å². The Morgan fingerprint density at radius 3 is 2.63 bits per heavy atom. The predicted molar refractivity (Wildman–Crippen MR) is 214 cm³/mol. The second-order valence-corrected chi connectivity index (χ2v) is 18.7. The van der Waals surface area contributed by atoms with Gasteiger partial charge in [-0.1, -0.05) is 25.0 Å². The number of nitrogens with one attached hydrogen (secondary N) is 3. The van der Waals surface area contributed by atoms with Crippen molar-refractivity contribution in [1.82, 2.24) is 35.0 Å². The van der Waals surface area contributed by atoms with Gasteiger partial charge in [-0.25, -0.2) is 22.2 Å². The zero-order valence-corrected chi connectivity index (χ0v) is 34.9. The van der Waals surface area contributed by atoms with Gasteiger partial charge in [0.15, 0.2) is 11.6 Å². The number of ether oxygens (including phenoxy) is 3. The van der Waals surface area contributed by atoms with Gasteiger partial charge in [0.2, 0.25) is 27.7 Å². The number of benzene rings is 1. The normalized spacial score (nSPS) is 25.9. The molecular weight excluding hydrogens is 805 g/mol. The summed E-state index contributed by atoms with van der Waals surface area (Å²) in [6.07, 6.45) is 7.68. The lowest BCUT2D eigenvalue weighted by Gasteiger charge is -2.30. The summed E-state index contributed by atoms with van der Waals surface area (Å²) in [6, 6.07) is 3.27. The topological polar surface area (TPSA) is 200 Å². The van der Waals surface area contributed by atoms with Crippen molar-refractivity contribution in [1.29, 1.82) is 0 Å².